The van der Waals surface area contributed by atoms with Crippen molar-refractivity contribution >= 4 is 46.0 Å². The van der Waals surface area contributed by atoms with Crippen molar-refractivity contribution in [1.82, 2.24) is 4.90 Å². The van der Waals surface area contributed by atoms with E-state index in [2.05, 4.69) is 5.32 Å². The van der Waals surface area contributed by atoms with E-state index in [4.69, 9.17) is 11.6 Å². The first kappa shape index (κ1) is 19.4. The Labute approximate surface area is 178 Å². The number of rotatable bonds is 5. The predicted molar refractivity (Wildman–Crippen MR) is 118 cm³/mol. The zero-order chi connectivity index (χ0) is 20.5. The molecule has 0 unspecified atom stereocenters. The van der Waals surface area contributed by atoms with Gasteiger partial charge < -0.3 is 5.32 Å². The van der Waals surface area contributed by atoms with Gasteiger partial charge in [-0.3, -0.25) is 14.5 Å². The van der Waals surface area contributed by atoms with Crippen LogP contribution in [0.3, 0.4) is 0 Å². The van der Waals surface area contributed by atoms with E-state index >= 15 is 0 Å². The molecule has 29 heavy (non-hydrogen) atoms. The summed E-state index contributed by atoms with van der Waals surface area (Å²) < 4.78 is 0. The zero-order valence-corrected chi connectivity index (χ0v) is 17.6. The Hall–Kier alpha value is -2.89. The van der Waals surface area contributed by atoms with Gasteiger partial charge in [0.2, 0.25) is 0 Å². The van der Waals surface area contributed by atoms with E-state index in [0.717, 1.165) is 27.3 Å². The minimum Gasteiger partial charge on any atom is -0.350 e. The van der Waals surface area contributed by atoms with Crippen LogP contribution in [-0.4, -0.2) is 16.7 Å². The molecule has 4 rings (SSSR count). The second-order valence-corrected chi connectivity index (χ2v) is 8.38. The summed E-state index contributed by atoms with van der Waals surface area (Å²) in [7, 11) is 0. The molecule has 2 aromatic carbocycles. The first-order valence-electron chi connectivity index (χ1n) is 9.17. The number of anilines is 1. The van der Waals surface area contributed by atoms with E-state index in [9.17, 15) is 9.59 Å². The molecule has 146 valence electrons. The number of carbonyl (C=O) groups excluding carboxylic acids is 2. The van der Waals surface area contributed by atoms with Crippen LogP contribution in [0, 0.1) is 13.8 Å². The molecular formula is C23H19ClN2O2S. The smallest absolute Gasteiger partial charge is 0.278 e. The van der Waals surface area contributed by atoms with Crippen molar-refractivity contribution in [1.29, 1.82) is 0 Å². The van der Waals surface area contributed by atoms with E-state index in [1.165, 1.54) is 16.2 Å². The number of nitrogens with one attached hydrogen (secondary N) is 1. The van der Waals surface area contributed by atoms with Gasteiger partial charge in [0.15, 0.2) is 0 Å². The molecule has 0 atom stereocenters. The van der Waals surface area contributed by atoms with Crippen LogP contribution >= 0.6 is 22.9 Å². The van der Waals surface area contributed by atoms with Crippen LogP contribution in [0.2, 0.25) is 5.02 Å². The maximum atomic E-state index is 13.2. The highest BCUT2D eigenvalue weighted by Crippen LogP contribution is 2.34. The average molecular weight is 423 g/mol. The Morgan fingerprint density at radius 3 is 2.41 bits per heavy atom. The molecule has 0 spiro atoms. The monoisotopic (exact) mass is 422 g/mol. The van der Waals surface area contributed by atoms with E-state index < -0.39 is 0 Å². The summed E-state index contributed by atoms with van der Waals surface area (Å²) >= 11 is 7.39. The molecule has 2 amide bonds. The number of benzene rings is 2. The molecular weight excluding hydrogens is 404 g/mol. The third-order valence-corrected chi connectivity index (χ3v) is 5.97. The number of amides is 2. The third kappa shape index (κ3) is 3.84. The number of thiophene rings is 1. The van der Waals surface area contributed by atoms with Crippen molar-refractivity contribution in [3.8, 4) is 0 Å². The summed E-state index contributed by atoms with van der Waals surface area (Å²) in [6, 6.07) is 16.8. The van der Waals surface area contributed by atoms with Crippen LogP contribution in [0.4, 0.5) is 5.69 Å². The standard InChI is InChI=1S/C23H19ClN2O2S/c1-14-5-10-18(15(2)12-14)25-21-20(19-4-3-11-29-19)22(27)26(23(21)28)13-16-6-8-17(24)9-7-16/h3-12,25H,13H2,1-2H3. The number of carbonyl (C=O) groups is 2. The molecule has 2 heterocycles. The van der Waals surface area contributed by atoms with Gasteiger partial charge in [0.05, 0.1) is 12.1 Å². The molecule has 1 aliphatic heterocycles. The lowest BCUT2D eigenvalue weighted by atomic mass is 10.1. The first-order chi connectivity index (χ1) is 13.9. The quantitative estimate of drug-likeness (QED) is 0.559. The van der Waals surface area contributed by atoms with Crippen molar-refractivity contribution in [3.05, 3.63) is 92.3 Å². The summed E-state index contributed by atoms with van der Waals surface area (Å²) in [5.41, 5.74) is 4.54. The van der Waals surface area contributed by atoms with Crippen molar-refractivity contribution < 1.29 is 9.59 Å². The zero-order valence-electron chi connectivity index (χ0n) is 16.0. The molecule has 0 bridgehead atoms. The fourth-order valence-corrected chi connectivity index (χ4v) is 4.24. The largest absolute Gasteiger partial charge is 0.350 e. The SMILES string of the molecule is Cc1ccc(NC2=C(c3cccs3)C(=O)N(Cc3ccc(Cl)cc3)C2=O)c(C)c1. The van der Waals surface area contributed by atoms with Crippen molar-refractivity contribution in [2.24, 2.45) is 0 Å². The van der Waals surface area contributed by atoms with E-state index in [1.807, 2.05) is 61.7 Å². The fraction of sp³-hybridized carbons (Fsp3) is 0.130. The predicted octanol–water partition coefficient (Wildman–Crippen LogP) is 5.41. The van der Waals surface area contributed by atoms with Gasteiger partial charge in [-0.2, -0.15) is 0 Å². The lowest BCUT2D eigenvalue weighted by Gasteiger charge is -2.16. The van der Waals surface area contributed by atoms with Gasteiger partial charge in [-0.1, -0.05) is 47.5 Å². The molecule has 0 saturated carbocycles. The highest BCUT2D eigenvalue weighted by Gasteiger charge is 2.39. The van der Waals surface area contributed by atoms with E-state index in [0.29, 0.717) is 16.3 Å². The summed E-state index contributed by atoms with van der Waals surface area (Å²) in [4.78, 5) is 28.5. The Morgan fingerprint density at radius 1 is 1.00 bits per heavy atom. The second kappa shape index (κ2) is 7.85. The normalized spacial score (nSPS) is 14.1. The highest BCUT2D eigenvalue weighted by molar-refractivity contribution is 7.11. The molecule has 0 aliphatic carbocycles. The molecule has 1 aromatic heterocycles. The fourth-order valence-electron chi connectivity index (χ4n) is 3.35. The van der Waals surface area contributed by atoms with Gasteiger partial charge in [0.25, 0.3) is 11.8 Å². The molecule has 1 aliphatic rings. The Morgan fingerprint density at radius 2 is 1.76 bits per heavy atom. The number of hydrogen-bond acceptors (Lipinski definition) is 4. The Balaban J connectivity index is 1.71. The number of hydrogen-bond donors (Lipinski definition) is 1. The lowest BCUT2D eigenvalue weighted by Crippen LogP contribution is -2.32. The lowest BCUT2D eigenvalue weighted by molar-refractivity contribution is -0.137. The van der Waals surface area contributed by atoms with E-state index in [-0.39, 0.29) is 18.4 Å². The van der Waals surface area contributed by atoms with Crippen LogP contribution in [-0.2, 0) is 16.1 Å². The van der Waals surface area contributed by atoms with Gasteiger partial charge in [0.1, 0.15) is 5.70 Å². The van der Waals surface area contributed by atoms with Crippen molar-refractivity contribution in [2.45, 2.75) is 20.4 Å². The average Bonchev–Trinajstić information content (AvgIpc) is 3.29. The summed E-state index contributed by atoms with van der Waals surface area (Å²) in [5, 5.41) is 5.75. The molecule has 0 fully saturated rings. The molecule has 6 heteroatoms. The molecule has 1 N–H and O–H groups in total. The molecule has 4 nitrogen and oxygen atoms in total. The summed E-state index contributed by atoms with van der Waals surface area (Å²) in [6.07, 6.45) is 0. The number of nitrogens with zero attached hydrogens (tertiary/aromatic N) is 1. The minimum atomic E-state index is -0.326. The van der Waals surface area contributed by atoms with Crippen LogP contribution in [0.15, 0.2) is 65.7 Å². The first-order valence-corrected chi connectivity index (χ1v) is 10.4. The van der Waals surface area contributed by atoms with Gasteiger partial charge in [-0.25, -0.2) is 0 Å². The Kier molecular flexibility index (Phi) is 5.26. The molecule has 0 saturated heterocycles. The van der Waals surface area contributed by atoms with Crippen LogP contribution in [0.1, 0.15) is 21.6 Å². The van der Waals surface area contributed by atoms with Gasteiger partial charge in [0, 0.05) is 15.6 Å². The maximum Gasteiger partial charge on any atom is 0.278 e. The van der Waals surface area contributed by atoms with Gasteiger partial charge in [-0.05, 0) is 54.6 Å². The molecule has 3 aromatic rings. The van der Waals surface area contributed by atoms with Gasteiger partial charge >= 0.3 is 0 Å². The van der Waals surface area contributed by atoms with Crippen molar-refractivity contribution in [3.63, 3.8) is 0 Å². The van der Waals surface area contributed by atoms with E-state index in [1.54, 1.807) is 12.1 Å². The topological polar surface area (TPSA) is 49.4 Å². The van der Waals surface area contributed by atoms with Crippen LogP contribution < -0.4 is 5.32 Å². The Bertz CT molecular complexity index is 1120. The number of aryl methyl sites for hydroxylation is 2. The maximum absolute atomic E-state index is 13.2. The van der Waals surface area contributed by atoms with Gasteiger partial charge in [-0.15, -0.1) is 11.3 Å². The number of halogens is 1. The second-order valence-electron chi connectivity index (χ2n) is 6.99. The minimum absolute atomic E-state index is 0.196. The number of imide groups is 1. The third-order valence-electron chi connectivity index (χ3n) is 4.83. The van der Waals surface area contributed by atoms with Crippen molar-refractivity contribution in [2.75, 3.05) is 5.32 Å². The summed E-state index contributed by atoms with van der Waals surface area (Å²) in [6.45, 7) is 4.19. The van der Waals surface area contributed by atoms with Crippen LogP contribution in [0.25, 0.3) is 5.57 Å². The highest BCUT2D eigenvalue weighted by atomic mass is 35.5. The molecule has 0 radical (unpaired) electrons. The summed E-state index contributed by atoms with van der Waals surface area (Å²) in [5.74, 6) is -0.618. The van der Waals surface area contributed by atoms with Crippen LogP contribution in [0.5, 0.6) is 0 Å².